The summed E-state index contributed by atoms with van der Waals surface area (Å²) in [5.41, 5.74) is -2.50. The van der Waals surface area contributed by atoms with Crippen LogP contribution in [0.1, 0.15) is 12.1 Å². The third-order valence-electron chi connectivity index (χ3n) is 1.40. The summed E-state index contributed by atoms with van der Waals surface area (Å²) in [4.78, 5) is 22.3. The van der Waals surface area contributed by atoms with E-state index in [4.69, 9.17) is 0 Å². The lowest BCUT2D eigenvalue weighted by molar-refractivity contribution is -0.387. The average Bonchev–Trinajstić information content (AvgIpc) is 2.01. The fourth-order valence-corrected chi connectivity index (χ4v) is 1.40. The molecule has 1 heterocycles. The van der Waals surface area contributed by atoms with E-state index in [1.54, 1.807) is 0 Å². The van der Waals surface area contributed by atoms with E-state index in [1.165, 1.54) is 0 Å². The summed E-state index contributed by atoms with van der Waals surface area (Å²) < 4.78 is 23.8. The summed E-state index contributed by atoms with van der Waals surface area (Å²) in [7, 11) is 0. The number of H-pyrrole nitrogens is 1. The van der Waals surface area contributed by atoms with Gasteiger partial charge in [0.15, 0.2) is 4.60 Å². The van der Waals surface area contributed by atoms with Gasteiger partial charge in [-0.15, -0.1) is 0 Å². The zero-order chi connectivity index (χ0) is 10.9. The van der Waals surface area contributed by atoms with Crippen LogP contribution >= 0.6 is 15.9 Å². The van der Waals surface area contributed by atoms with Crippen molar-refractivity contribution in [1.82, 2.24) is 4.98 Å². The molecule has 0 aliphatic rings. The number of nitrogens with zero attached hydrogens (tertiary/aromatic N) is 1. The molecule has 8 heteroatoms. The van der Waals surface area contributed by atoms with Crippen LogP contribution in [0.2, 0.25) is 0 Å². The highest BCUT2D eigenvalue weighted by atomic mass is 79.9. The largest absolute Gasteiger partial charge is 0.346 e. The maximum Gasteiger partial charge on any atom is 0.346 e. The zero-order valence-corrected chi connectivity index (χ0v) is 8.05. The molecule has 1 rings (SSSR count). The first-order valence-electron chi connectivity index (χ1n) is 3.28. The second-order valence-corrected chi connectivity index (χ2v) is 3.10. The quantitative estimate of drug-likeness (QED) is 0.506. The Morgan fingerprint density at radius 2 is 2.14 bits per heavy atom. The molecule has 0 amide bonds. The molecule has 0 unspecified atom stereocenters. The minimum atomic E-state index is -2.88. The number of alkyl halides is 2. The standard InChI is InChI=1S/C6H3BrF2N2O3/c7-5-4(11(13)14)3(12)1-2(10-5)6(8)9/h1,6H,(H,10,12). The Morgan fingerprint density at radius 3 is 2.50 bits per heavy atom. The third kappa shape index (κ3) is 1.95. The van der Waals surface area contributed by atoms with E-state index >= 15 is 0 Å². The van der Waals surface area contributed by atoms with Crippen molar-refractivity contribution in [2.24, 2.45) is 0 Å². The summed E-state index contributed by atoms with van der Waals surface area (Å²) in [6.07, 6.45) is -2.88. The molecular formula is C6H3BrF2N2O3. The van der Waals surface area contributed by atoms with Gasteiger partial charge < -0.3 is 4.98 Å². The number of rotatable bonds is 2. The first-order valence-corrected chi connectivity index (χ1v) is 4.08. The van der Waals surface area contributed by atoms with E-state index in [1.807, 2.05) is 4.98 Å². The highest BCUT2D eigenvalue weighted by molar-refractivity contribution is 9.10. The van der Waals surface area contributed by atoms with Crippen molar-refractivity contribution in [3.05, 3.63) is 36.7 Å². The molecule has 0 radical (unpaired) electrons. The van der Waals surface area contributed by atoms with Gasteiger partial charge in [-0.25, -0.2) is 8.78 Å². The number of aromatic nitrogens is 1. The molecular weight excluding hydrogens is 266 g/mol. The molecule has 14 heavy (non-hydrogen) atoms. The van der Waals surface area contributed by atoms with E-state index < -0.39 is 28.2 Å². The summed E-state index contributed by atoms with van der Waals surface area (Å²) in [5.74, 6) is 0. The lowest BCUT2D eigenvalue weighted by Gasteiger charge is -2.00. The second-order valence-electron chi connectivity index (χ2n) is 2.31. The van der Waals surface area contributed by atoms with Crippen molar-refractivity contribution in [2.45, 2.75) is 6.43 Å². The van der Waals surface area contributed by atoms with Gasteiger partial charge in [0.1, 0.15) is 0 Å². The minimum absolute atomic E-state index is 0.356. The monoisotopic (exact) mass is 268 g/mol. The van der Waals surface area contributed by atoms with Crippen LogP contribution in [0.3, 0.4) is 0 Å². The highest BCUT2D eigenvalue weighted by Crippen LogP contribution is 2.22. The number of nitrogens with one attached hydrogen (secondary N) is 1. The summed E-state index contributed by atoms with van der Waals surface area (Å²) in [6, 6.07) is 0.507. The Labute approximate surface area is 84.0 Å². The van der Waals surface area contributed by atoms with Gasteiger partial charge in [0.2, 0.25) is 0 Å². The van der Waals surface area contributed by atoms with Crippen LogP contribution in [0.25, 0.3) is 0 Å². The van der Waals surface area contributed by atoms with Crippen LogP contribution in [0, 0.1) is 10.1 Å². The topological polar surface area (TPSA) is 76.0 Å². The Morgan fingerprint density at radius 1 is 1.57 bits per heavy atom. The Bertz CT molecular complexity index is 432. The predicted octanol–water partition coefficient (Wildman–Crippen LogP) is 1.98. The SMILES string of the molecule is O=c1cc(C(F)F)[nH]c(Br)c1[N+](=O)[O-]. The van der Waals surface area contributed by atoms with Crippen molar-refractivity contribution in [3.8, 4) is 0 Å². The van der Waals surface area contributed by atoms with Gasteiger partial charge in [0.05, 0.1) is 10.6 Å². The second kappa shape index (κ2) is 3.82. The number of pyridine rings is 1. The third-order valence-corrected chi connectivity index (χ3v) is 1.97. The summed E-state index contributed by atoms with van der Waals surface area (Å²) in [6.45, 7) is 0. The lowest BCUT2D eigenvalue weighted by atomic mass is 10.3. The first-order chi connectivity index (χ1) is 6.43. The van der Waals surface area contributed by atoms with Gasteiger partial charge in [0.25, 0.3) is 11.9 Å². The molecule has 0 aromatic carbocycles. The van der Waals surface area contributed by atoms with Crippen molar-refractivity contribution in [3.63, 3.8) is 0 Å². The molecule has 1 aromatic rings. The number of hydrogen-bond donors (Lipinski definition) is 1. The van der Waals surface area contributed by atoms with Gasteiger partial charge >= 0.3 is 5.69 Å². The van der Waals surface area contributed by atoms with Gasteiger partial charge in [-0.2, -0.15) is 0 Å². The van der Waals surface area contributed by atoms with Crippen LogP contribution in [-0.4, -0.2) is 9.91 Å². The molecule has 0 aliphatic heterocycles. The predicted molar refractivity (Wildman–Crippen MR) is 46.4 cm³/mol. The van der Waals surface area contributed by atoms with Crippen LogP contribution in [0.4, 0.5) is 14.5 Å². The summed E-state index contributed by atoms with van der Waals surface area (Å²) >= 11 is 2.64. The Hall–Kier alpha value is -1.31. The fourth-order valence-electron chi connectivity index (χ4n) is 0.827. The number of aromatic amines is 1. The molecule has 0 saturated carbocycles. The lowest BCUT2D eigenvalue weighted by Crippen LogP contribution is -2.11. The number of hydrogen-bond acceptors (Lipinski definition) is 3. The van der Waals surface area contributed by atoms with E-state index in [0.717, 1.165) is 0 Å². The Kier molecular flexibility index (Phi) is 2.94. The maximum absolute atomic E-state index is 12.1. The minimum Gasteiger partial charge on any atom is -0.343 e. The zero-order valence-electron chi connectivity index (χ0n) is 6.46. The molecule has 0 spiro atoms. The molecule has 0 saturated heterocycles. The smallest absolute Gasteiger partial charge is 0.343 e. The molecule has 0 atom stereocenters. The fraction of sp³-hybridized carbons (Fsp3) is 0.167. The highest BCUT2D eigenvalue weighted by Gasteiger charge is 2.21. The number of nitro groups is 1. The van der Waals surface area contributed by atoms with Crippen molar-refractivity contribution >= 4 is 21.6 Å². The van der Waals surface area contributed by atoms with E-state index in [2.05, 4.69) is 15.9 Å². The molecule has 0 fully saturated rings. The summed E-state index contributed by atoms with van der Waals surface area (Å²) in [5, 5.41) is 10.3. The molecule has 5 nitrogen and oxygen atoms in total. The molecule has 1 N–H and O–H groups in total. The van der Waals surface area contributed by atoms with Crippen LogP contribution in [-0.2, 0) is 0 Å². The molecule has 0 bridgehead atoms. The van der Waals surface area contributed by atoms with Crippen LogP contribution in [0.5, 0.6) is 0 Å². The van der Waals surface area contributed by atoms with Crippen LogP contribution < -0.4 is 5.43 Å². The first kappa shape index (κ1) is 10.8. The van der Waals surface area contributed by atoms with Gasteiger partial charge in [-0.3, -0.25) is 14.9 Å². The van der Waals surface area contributed by atoms with E-state index in [0.29, 0.717) is 6.07 Å². The molecule has 0 aliphatic carbocycles. The molecule has 76 valence electrons. The van der Waals surface area contributed by atoms with Gasteiger partial charge in [0, 0.05) is 6.07 Å². The average molecular weight is 269 g/mol. The van der Waals surface area contributed by atoms with Crippen molar-refractivity contribution in [1.29, 1.82) is 0 Å². The van der Waals surface area contributed by atoms with E-state index in [-0.39, 0.29) is 4.60 Å². The van der Waals surface area contributed by atoms with Crippen molar-refractivity contribution in [2.75, 3.05) is 0 Å². The molecule has 1 aromatic heterocycles. The Balaban J connectivity index is 3.40. The van der Waals surface area contributed by atoms with Crippen molar-refractivity contribution < 1.29 is 13.7 Å². The van der Waals surface area contributed by atoms with E-state index in [9.17, 15) is 23.7 Å². The van der Waals surface area contributed by atoms with Gasteiger partial charge in [-0.1, -0.05) is 0 Å². The maximum atomic E-state index is 12.1. The number of halogens is 3. The van der Waals surface area contributed by atoms with Crippen LogP contribution in [0.15, 0.2) is 15.5 Å². The normalized spacial score (nSPS) is 10.6. The van der Waals surface area contributed by atoms with Gasteiger partial charge in [-0.05, 0) is 15.9 Å².